The Labute approximate surface area is 205 Å². The van der Waals surface area contributed by atoms with E-state index >= 15 is 0 Å². The number of nitrogens with zero attached hydrogens (tertiary/aromatic N) is 2. The highest BCUT2D eigenvalue weighted by Crippen LogP contribution is 2.26. The molecule has 0 atom stereocenters. The number of aromatic nitrogens is 3. The molecule has 6 N–H and O–H groups in total. The SMILES string of the molecule is CCCCCCCCCCCCCCCCCCN.OP(O)(O)=S.c1ccc2[nH]nnc2c1. The number of H-pyrrole nitrogens is 1. The molecule has 0 bridgehead atoms. The molecule has 0 fully saturated rings. The monoisotopic (exact) mass is 502 g/mol. The highest BCUT2D eigenvalue weighted by molar-refractivity contribution is 8.06. The number of para-hydroxylation sites is 1. The molecule has 0 amide bonds. The molecule has 0 saturated heterocycles. The molecule has 0 spiro atoms. The van der Waals surface area contributed by atoms with Crippen molar-refractivity contribution in [2.24, 2.45) is 5.73 Å². The summed E-state index contributed by atoms with van der Waals surface area (Å²) in [5, 5.41) is 10.2. The van der Waals surface area contributed by atoms with Crippen molar-refractivity contribution in [1.29, 1.82) is 0 Å². The van der Waals surface area contributed by atoms with E-state index < -0.39 is 6.72 Å². The number of rotatable bonds is 16. The lowest BCUT2D eigenvalue weighted by Crippen LogP contribution is -1.97. The van der Waals surface area contributed by atoms with E-state index in [0.29, 0.717) is 0 Å². The van der Waals surface area contributed by atoms with Crippen LogP contribution in [0, 0.1) is 0 Å². The van der Waals surface area contributed by atoms with Gasteiger partial charge in [0.1, 0.15) is 5.52 Å². The Kier molecular flexibility index (Phi) is 22.3. The maximum atomic E-state index is 7.56. The molecule has 9 heteroatoms. The number of nitrogens with one attached hydrogen (secondary N) is 1. The summed E-state index contributed by atoms with van der Waals surface area (Å²) in [4.78, 5) is 22.7. The van der Waals surface area contributed by atoms with Crippen molar-refractivity contribution in [2.75, 3.05) is 6.54 Å². The summed E-state index contributed by atoms with van der Waals surface area (Å²) >= 11 is 3.60. The van der Waals surface area contributed by atoms with Gasteiger partial charge in [-0.3, -0.25) is 5.10 Å². The molecule has 1 aromatic heterocycles. The molecule has 0 aliphatic carbocycles. The van der Waals surface area contributed by atoms with Gasteiger partial charge in [-0.1, -0.05) is 121 Å². The molecule has 0 saturated carbocycles. The zero-order valence-corrected chi connectivity index (χ0v) is 22.2. The number of nitrogens with two attached hydrogens (primary N) is 1. The van der Waals surface area contributed by atoms with Crippen LogP contribution in [0.25, 0.3) is 11.0 Å². The molecular weight excluding hydrogens is 455 g/mol. The van der Waals surface area contributed by atoms with E-state index in [1.54, 1.807) is 0 Å². The molecule has 33 heavy (non-hydrogen) atoms. The fraction of sp³-hybridized carbons (Fsp3) is 0.750. The van der Waals surface area contributed by atoms with Gasteiger partial charge in [-0.15, -0.1) is 5.10 Å². The van der Waals surface area contributed by atoms with Crippen LogP contribution >= 0.6 is 6.72 Å². The van der Waals surface area contributed by atoms with E-state index in [4.69, 9.17) is 20.4 Å². The number of fused-ring (bicyclic) bond motifs is 1. The van der Waals surface area contributed by atoms with Gasteiger partial charge in [0.2, 0.25) is 0 Å². The lowest BCUT2D eigenvalue weighted by Gasteiger charge is -2.03. The van der Waals surface area contributed by atoms with Gasteiger partial charge in [0.05, 0.1) is 5.52 Å². The quantitative estimate of drug-likeness (QED) is 0.134. The number of hydrogen-bond acceptors (Lipinski definition) is 4. The van der Waals surface area contributed by atoms with Crippen LogP contribution in [0.5, 0.6) is 0 Å². The molecule has 7 nitrogen and oxygen atoms in total. The first kappa shape index (κ1) is 32.1. The number of aromatic amines is 1. The Hall–Kier alpha value is -0.890. The Morgan fingerprint density at radius 2 is 1.15 bits per heavy atom. The Morgan fingerprint density at radius 1 is 0.758 bits per heavy atom. The van der Waals surface area contributed by atoms with Crippen molar-refractivity contribution < 1.29 is 14.7 Å². The van der Waals surface area contributed by atoms with Crippen molar-refractivity contribution in [3.63, 3.8) is 0 Å². The van der Waals surface area contributed by atoms with Crippen molar-refractivity contribution in [3.8, 4) is 0 Å². The van der Waals surface area contributed by atoms with E-state index in [9.17, 15) is 0 Å². The summed E-state index contributed by atoms with van der Waals surface area (Å²) in [6, 6.07) is 7.74. The van der Waals surface area contributed by atoms with Crippen LogP contribution in [-0.4, -0.2) is 36.6 Å². The van der Waals surface area contributed by atoms with Crippen LogP contribution < -0.4 is 5.73 Å². The summed E-state index contributed by atoms with van der Waals surface area (Å²) in [6.07, 6.45) is 22.9. The largest absolute Gasteiger partial charge is 0.330 e. The second-order valence-electron chi connectivity index (χ2n) is 8.43. The second-order valence-corrected chi connectivity index (χ2v) is 10.9. The Balaban J connectivity index is 0.000000590. The van der Waals surface area contributed by atoms with Crippen LogP contribution in [0.3, 0.4) is 0 Å². The molecule has 2 aromatic rings. The maximum absolute atomic E-state index is 7.56. The van der Waals surface area contributed by atoms with Gasteiger partial charge in [-0.2, -0.15) is 0 Å². The molecule has 0 aliphatic heterocycles. The van der Waals surface area contributed by atoms with E-state index in [1.165, 1.54) is 103 Å². The first-order valence-corrected chi connectivity index (χ1v) is 15.3. The summed E-state index contributed by atoms with van der Waals surface area (Å²) < 4.78 is 0. The molecular formula is C24H47N4O3PS. The topological polar surface area (TPSA) is 128 Å². The Morgan fingerprint density at radius 3 is 1.55 bits per heavy atom. The first-order chi connectivity index (χ1) is 15.9. The van der Waals surface area contributed by atoms with Crippen molar-refractivity contribution in [1.82, 2.24) is 15.4 Å². The summed E-state index contributed by atoms with van der Waals surface area (Å²) in [5.74, 6) is 0. The first-order valence-electron chi connectivity index (χ1n) is 12.6. The van der Waals surface area contributed by atoms with Gasteiger partial charge in [-0.25, -0.2) is 0 Å². The lowest BCUT2D eigenvalue weighted by atomic mass is 10.0. The minimum Gasteiger partial charge on any atom is -0.330 e. The predicted molar refractivity (Wildman–Crippen MR) is 143 cm³/mol. The highest BCUT2D eigenvalue weighted by Gasteiger charge is 1.94. The van der Waals surface area contributed by atoms with Crippen LogP contribution in [0.2, 0.25) is 0 Å². The fourth-order valence-electron chi connectivity index (χ4n) is 3.48. The third-order valence-electron chi connectivity index (χ3n) is 5.29. The summed E-state index contributed by atoms with van der Waals surface area (Å²) in [6.45, 7) is -0.642. The van der Waals surface area contributed by atoms with Gasteiger partial charge < -0.3 is 20.4 Å². The fourth-order valence-corrected chi connectivity index (χ4v) is 3.48. The number of hydrogen-bond donors (Lipinski definition) is 5. The maximum Gasteiger partial charge on any atom is 0.319 e. The zero-order valence-electron chi connectivity index (χ0n) is 20.5. The predicted octanol–water partition coefficient (Wildman–Crippen LogP) is 6.35. The minimum absolute atomic E-state index is 0.873. The second kappa shape index (κ2) is 22.9. The minimum atomic E-state index is -3.81. The third kappa shape index (κ3) is 25.6. The van der Waals surface area contributed by atoms with Gasteiger partial charge in [-0.05, 0) is 36.9 Å². The van der Waals surface area contributed by atoms with Crippen molar-refractivity contribution in [3.05, 3.63) is 24.3 Å². The lowest BCUT2D eigenvalue weighted by molar-refractivity contribution is 0.363. The zero-order chi connectivity index (χ0) is 24.6. The normalized spacial score (nSPS) is 10.9. The van der Waals surface area contributed by atoms with Gasteiger partial charge >= 0.3 is 6.72 Å². The van der Waals surface area contributed by atoms with E-state index in [0.717, 1.165) is 17.6 Å². The summed E-state index contributed by atoms with van der Waals surface area (Å²) in [7, 11) is 0. The molecule has 192 valence electrons. The van der Waals surface area contributed by atoms with Crippen LogP contribution in [0.1, 0.15) is 110 Å². The third-order valence-corrected chi connectivity index (χ3v) is 5.29. The molecule has 1 heterocycles. The molecule has 0 aliphatic rings. The highest BCUT2D eigenvalue weighted by atomic mass is 32.5. The van der Waals surface area contributed by atoms with E-state index in [-0.39, 0.29) is 0 Å². The number of benzene rings is 1. The average Bonchev–Trinajstić information content (AvgIpc) is 3.25. The van der Waals surface area contributed by atoms with E-state index in [2.05, 4.69) is 34.1 Å². The van der Waals surface area contributed by atoms with Crippen molar-refractivity contribution in [2.45, 2.75) is 110 Å². The molecule has 1 aromatic carbocycles. The number of unbranched alkanes of at least 4 members (excludes halogenated alkanes) is 15. The molecule has 0 radical (unpaired) electrons. The molecule has 0 unspecified atom stereocenters. The van der Waals surface area contributed by atoms with Crippen molar-refractivity contribution >= 4 is 29.6 Å². The molecule has 2 rings (SSSR count). The van der Waals surface area contributed by atoms with Gasteiger partial charge in [0.15, 0.2) is 0 Å². The Bertz CT molecular complexity index is 657. The smallest absolute Gasteiger partial charge is 0.319 e. The van der Waals surface area contributed by atoms with Gasteiger partial charge in [0, 0.05) is 0 Å². The standard InChI is InChI=1S/C18H39N.C6H5N3.H3O3PS/c1-2-3-4-5-6-7-8-9-10-11-12-13-14-15-16-17-18-19;1-2-4-6-5(3-1)7-9-8-6;1-4(2,3)5/h2-19H2,1H3;1-4H,(H,7,8,9);(H3,1,2,3,5). The van der Waals surface area contributed by atoms with E-state index in [1.807, 2.05) is 24.3 Å². The van der Waals surface area contributed by atoms with Crippen LogP contribution in [0.4, 0.5) is 0 Å². The van der Waals surface area contributed by atoms with Gasteiger partial charge in [0.25, 0.3) is 0 Å². The average molecular weight is 503 g/mol. The van der Waals surface area contributed by atoms with Crippen LogP contribution in [-0.2, 0) is 11.8 Å². The van der Waals surface area contributed by atoms with Crippen LogP contribution in [0.15, 0.2) is 24.3 Å². The summed E-state index contributed by atoms with van der Waals surface area (Å²) in [5.41, 5.74) is 7.38.